The fourth-order valence-electron chi connectivity index (χ4n) is 2.92. The average molecular weight is 338 g/mol. The Labute approximate surface area is 139 Å². The van der Waals surface area contributed by atoms with Crippen LogP contribution in [0.15, 0.2) is 30.3 Å². The summed E-state index contributed by atoms with van der Waals surface area (Å²) in [5.41, 5.74) is 1.16. The normalized spacial score (nSPS) is 18.5. The van der Waals surface area contributed by atoms with Gasteiger partial charge >= 0.3 is 0 Å². The summed E-state index contributed by atoms with van der Waals surface area (Å²) in [6.07, 6.45) is 3.60. The molecule has 1 amide bonds. The predicted octanol–water partition coefficient (Wildman–Crippen LogP) is 1.65. The van der Waals surface area contributed by atoms with E-state index in [0.29, 0.717) is 25.6 Å². The molecule has 0 radical (unpaired) electrons. The number of rotatable bonds is 6. The van der Waals surface area contributed by atoms with Crippen molar-refractivity contribution in [2.75, 3.05) is 25.9 Å². The molecular formula is C17H26N2O3S. The van der Waals surface area contributed by atoms with Gasteiger partial charge in [0.1, 0.15) is 0 Å². The molecule has 1 atom stereocenters. The van der Waals surface area contributed by atoms with E-state index in [1.54, 1.807) is 0 Å². The molecule has 5 nitrogen and oxygen atoms in total. The van der Waals surface area contributed by atoms with Gasteiger partial charge in [0.2, 0.25) is 15.9 Å². The van der Waals surface area contributed by atoms with E-state index in [1.165, 1.54) is 10.6 Å². The predicted molar refractivity (Wildman–Crippen MR) is 91.5 cm³/mol. The number of nitrogens with one attached hydrogen (secondary N) is 1. The van der Waals surface area contributed by atoms with Crippen LogP contribution in [0.2, 0.25) is 0 Å². The van der Waals surface area contributed by atoms with Gasteiger partial charge in [-0.05, 0) is 30.7 Å². The summed E-state index contributed by atoms with van der Waals surface area (Å²) < 4.78 is 24.5. The van der Waals surface area contributed by atoms with Crippen molar-refractivity contribution in [1.82, 2.24) is 9.62 Å². The van der Waals surface area contributed by atoms with Gasteiger partial charge in [-0.2, -0.15) is 0 Å². The maximum absolute atomic E-state index is 12.2. The quantitative estimate of drug-likeness (QED) is 0.858. The average Bonchev–Trinajstić information content (AvgIpc) is 2.53. The van der Waals surface area contributed by atoms with E-state index in [0.717, 1.165) is 24.8 Å². The fraction of sp³-hybridized carbons (Fsp3) is 0.588. The van der Waals surface area contributed by atoms with Crippen LogP contribution in [0.1, 0.15) is 25.3 Å². The lowest BCUT2D eigenvalue weighted by molar-refractivity contribution is -0.124. The summed E-state index contributed by atoms with van der Waals surface area (Å²) in [6, 6.07) is 10.00. The topological polar surface area (TPSA) is 66.5 Å². The number of amides is 1. The van der Waals surface area contributed by atoms with Crippen LogP contribution in [0.25, 0.3) is 0 Å². The van der Waals surface area contributed by atoms with E-state index in [-0.39, 0.29) is 11.8 Å². The van der Waals surface area contributed by atoms with Gasteiger partial charge in [0.25, 0.3) is 0 Å². The molecule has 1 fully saturated rings. The summed E-state index contributed by atoms with van der Waals surface area (Å²) in [6.45, 7) is 3.68. The molecule has 23 heavy (non-hydrogen) atoms. The zero-order valence-electron chi connectivity index (χ0n) is 13.9. The SMILES string of the molecule is C[C@H](Cc1ccccc1)C(=O)NCC1CCN(S(C)(=O)=O)CC1. The second-order valence-electron chi connectivity index (χ2n) is 6.44. The second kappa shape index (κ2) is 7.93. The van der Waals surface area contributed by atoms with Crippen LogP contribution in [0, 0.1) is 11.8 Å². The largest absolute Gasteiger partial charge is 0.356 e. The van der Waals surface area contributed by atoms with Crippen molar-refractivity contribution in [3.8, 4) is 0 Å². The highest BCUT2D eigenvalue weighted by Crippen LogP contribution is 2.18. The van der Waals surface area contributed by atoms with Crippen LogP contribution in [0.5, 0.6) is 0 Å². The van der Waals surface area contributed by atoms with Crippen LogP contribution in [-0.4, -0.2) is 44.5 Å². The Balaban J connectivity index is 1.73. The summed E-state index contributed by atoms with van der Waals surface area (Å²) in [4.78, 5) is 12.2. The minimum Gasteiger partial charge on any atom is -0.356 e. The summed E-state index contributed by atoms with van der Waals surface area (Å²) in [7, 11) is -3.08. The van der Waals surface area contributed by atoms with Crippen molar-refractivity contribution in [1.29, 1.82) is 0 Å². The molecule has 0 aliphatic carbocycles. The van der Waals surface area contributed by atoms with Gasteiger partial charge in [-0.15, -0.1) is 0 Å². The van der Waals surface area contributed by atoms with Gasteiger partial charge in [-0.1, -0.05) is 37.3 Å². The third-order valence-corrected chi connectivity index (χ3v) is 5.74. The van der Waals surface area contributed by atoms with E-state index in [4.69, 9.17) is 0 Å². The first-order valence-corrected chi connectivity index (χ1v) is 9.98. The Morgan fingerprint density at radius 1 is 1.26 bits per heavy atom. The Morgan fingerprint density at radius 3 is 2.43 bits per heavy atom. The summed E-state index contributed by atoms with van der Waals surface area (Å²) >= 11 is 0. The maximum atomic E-state index is 12.2. The lowest BCUT2D eigenvalue weighted by Crippen LogP contribution is -2.42. The lowest BCUT2D eigenvalue weighted by Gasteiger charge is -2.30. The molecule has 0 spiro atoms. The van der Waals surface area contributed by atoms with Gasteiger partial charge in [0.05, 0.1) is 6.26 Å². The number of piperidine rings is 1. The van der Waals surface area contributed by atoms with Gasteiger partial charge in [-0.25, -0.2) is 12.7 Å². The highest BCUT2D eigenvalue weighted by Gasteiger charge is 2.25. The third-order valence-electron chi connectivity index (χ3n) is 4.44. The molecule has 1 aliphatic heterocycles. The molecule has 1 heterocycles. The molecule has 0 saturated carbocycles. The lowest BCUT2D eigenvalue weighted by atomic mass is 9.97. The smallest absolute Gasteiger partial charge is 0.223 e. The Bertz CT molecular complexity index is 608. The first-order valence-electron chi connectivity index (χ1n) is 8.13. The molecule has 1 saturated heterocycles. The molecule has 0 bridgehead atoms. The number of carbonyl (C=O) groups excluding carboxylic acids is 1. The van der Waals surface area contributed by atoms with Crippen molar-refractivity contribution in [3.05, 3.63) is 35.9 Å². The van der Waals surface area contributed by atoms with Crippen molar-refractivity contribution < 1.29 is 13.2 Å². The number of hydrogen-bond donors (Lipinski definition) is 1. The maximum Gasteiger partial charge on any atom is 0.223 e. The minimum atomic E-state index is -3.08. The zero-order valence-corrected chi connectivity index (χ0v) is 14.7. The van der Waals surface area contributed by atoms with Crippen molar-refractivity contribution >= 4 is 15.9 Å². The monoisotopic (exact) mass is 338 g/mol. The first-order chi connectivity index (χ1) is 10.9. The molecule has 128 valence electrons. The minimum absolute atomic E-state index is 0.0616. The van der Waals surface area contributed by atoms with E-state index < -0.39 is 10.0 Å². The third kappa shape index (κ3) is 5.62. The number of hydrogen-bond acceptors (Lipinski definition) is 3. The van der Waals surface area contributed by atoms with Crippen LogP contribution >= 0.6 is 0 Å². The molecule has 1 aromatic rings. The van der Waals surface area contributed by atoms with Crippen molar-refractivity contribution in [2.45, 2.75) is 26.2 Å². The Kier molecular flexibility index (Phi) is 6.18. The summed E-state index contributed by atoms with van der Waals surface area (Å²) in [5, 5.41) is 3.02. The zero-order chi connectivity index (χ0) is 16.9. The van der Waals surface area contributed by atoms with Crippen LogP contribution in [-0.2, 0) is 21.2 Å². The van der Waals surface area contributed by atoms with Crippen LogP contribution in [0.3, 0.4) is 0 Å². The molecular weight excluding hydrogens is 312 g/mol. The molecule has 2 rings (SSSR count). The fourth-order valence-corrected chi connectivity index (χ4v) is 3.80. The first kappa shape index (κ1) is 17.9. The standard InChI is InChI=1S/C17H26N2O3S/c1-14(12-15-6-4-3-5-7-15)17(20)18-13-16-8-10-19(11-9-16)23(2,21)22/h3-7,14,16H,8-13H2,1-2H3,(H,18,20)/t14-/m1/s1. The van der Waals surface area contributed by atoms with Gasteiger partial charge in [-0.3, -0.25) is 4.79 Å². The Hall–Kier alpha value is -1.40. The highest BCUT2D eigenvalue weighted by molar-refractivity contribution is 7.88. The number of benzene rings is 1. The molecule has 1 aromatic carbocycles. The summed E-state index contributed by atoms with van der Waals surface area (Å²) in [5.74, 6) is 0.369. The van der Waals surface area contributed by atoms with E-state index in [9.17, 15) is 13.2 Å². The van der Waals surface area contributed by atoms with E-state index >= 15 is 0 Å². The molecule has 0 aromatic heterocycles. The molecule has 1 N–H and O–H groups in total. The van der Waals surface area contributed by atoms with Crippen LogP contribution in [0.4, 0.5) is 0 Å². The number of sulfonamides is 1. The van der Waals surface area contributed by atoms with Crippen molar-refractivity contribution in [2.24, 2.45) is 11.8 Å². The van der Waals surface area contributed by atoms with E-state index in [2.05, 4.69) is 5.32 Å². The molecule has 0 unspecified atom stereocenters. The number of nitrogens with zero attached hydrogens (tertiary/aromatic N) is 1. The number of carbonyl (C=O) groups is 1. The van der Waals surface area contributed by atoms with Crippen molar-refractivity contribution in [3.63, 3.8) is 0 Å². The highest BCUT2D eigenvalue weighted by atomic mass is 32.2. The van der Waals surface area contributed by atoms with Gasteiger partial charge < -0.3 is 5.32 Å². The molecule has 6 heteroatoms. The van der Waals surface area contributed by atoms with Gasteiger partial charge in [0.15, 0.2) is 0 Å². The second-order valence-corrected chi connectivity index (χ2v) is 8.42. The van der Waals surface area contributed by atoms with Crippen LogP contribution < -0.4 is 5.32 Å². The van der Waals surface area contributed by atoms with Gasteiger partial charge in [0, 0.05) is 25.6 Å². The van der Waals surface area contributed by atoms with E-state index in [1.807, 2.05) is 37.3 Å². The molecule has 1 aliphatic rings. The Morgan fingerprint density at radius 2 is 1.87 bits per heavy atom.